The number of hydrogen-bond donors (Lipinski definition) is 0. The fourth-order valence-electron chi connectivity index (χ4n) is 5.20. The average Bonchev–Trinajstić information content (AvgIpc) is 3.12. The zero-order valence-corrected chi connectivity index (χ0v) is 32.7. The van der Waals surface area contributed by atoms with Crippen molar-refractivity contribution >= 4 is 5.97 Å². The van der Waals surface area contributed by atoms with Gasteiger partial charge in [0.05, 0.1) is 99.1 Å². The number of carbonyl (C=O) groups is 1. The molecule has 0 N–H and O–H groups in total. The summed E-state index contributed by atoms with van der Waals surface area (Å²) in [4.78, 5) is 11.7. The van der Waals surface area contributed by atoms with Crippen molar-refractivity contribution in [1.82, 2.24) is 0 Å². The smallest absolute Gasteiger partial charge is 0.305 e. The number of carbonyl (C=O) groups excluding carboxylic acids is 1. The van der Waals surface area contributed by atoms with E-state index in [9.17, 15) is 4.79 Å². The Morgan fingerprint density at radius 2 is 0.520 bits per heavy atom. The standard InChI is InChI=1S/C40H80O10/c1-3-5-7-9-11-12-13-14-15-16-17-19-21-23-42-24-25-43-26-27-44-28-29-45-30-31-46-32-33-47-34-35-48-36-37-49-38-39-50-40(41)22-20-18-10-8-6-4-2/h3-39H2,1-2H3. The minimum Gasteiger partial charge on any atom is -0.463 e. The lowest BCUT2D eigenvalue weighted by atomic mass is 10.0. The summed E-state index contributed by atoms with van der Waals surface area (Å²) in [6, 6.07) is 0. The van der Waals surface area contributed by atoms with Gasteiger partial charge in [-0.15, -0.1) is 0 Å². The first-order valence-corrected chi connectivity index (χ1v) is 20.6. The first kappa shape index (κ1) is 49.1. The summed E-state index contributed by atoms with van der Waals surface area (Å²) in [6.45, 7) is 13.5. The van der Waals surface area contributed by atoms with E-state index in [2.05, 4.69) is 13.8 Å². The van der Waals surface area contributed by atoms with Gasteiger partial charge < -0.3 is 42.6 Å². The number of ether oxygens (including phenoxy) is 9. The number of hydrogen-bond acceptors (Lipinski definition) is 10. The van der Waals surface area contributed by atoms with Crippen LogP contribution in [0, 0.1) is 0 Å². The van der Waals surface area contributed by atoms with Gasteiger partial charge in [-0.1, -0.05) is 123 Å². The third-order valence-electron chi connectivity index (χ3n) is 8.22. The van der Waals surface area contributed by atoms with E-state index in [1.54, 1.807) is 0 Å². The molecule has 0 aromatic heterocycles. The molecule has 0 atom stereocenters. The summed E-state index contributed by atoms with van der Waals surface area (Å²) >= 11 is 0. The maximum Gasteiger partial charge on any atom is 0.305 e. The van der Waals surface area contributed by atoms with Gasteiger partial charge in [-0.05, 0) is 12.8 Å². The molecule has 10 heteroatoms. The molecule has 0 aromatic carbocycles. The number of esters is 1. The lowest BCUT2D eigenvalue weighted by molar-refractivity contribution is -0.145. The second kappa shape index (κ2) is 46.2. The van der Waals surface area contributed by atoms with Gasteiger partial charge in [0.2, 0.25) is 0 Å². The molecule has 0 unspecified atom stereocenters. The molecular formula is C40H80O10. The van der Waals surface area contributed by atoms with Crippen molar-refractivity contribution in [2.75, 3.05) is 112 Å². The summed E-state index contributed by atoms with van der Waals surface area (Å²) in [5.74, 6) is -0.136. The number of rotatable bonds is 45. The molecule has 0 heterocycles. The van der Waals surface area contributed by atoms with Crippen molar-refractivity contribution in [2.45, 2.75) is 142 Å². The van der Waals surface area contributed by atoms with Crippen molar-refractivity contribution in [3.8, 4) is 0 Å². The molecule has 10 nitrogen and oxygen atoms in total. The predicted octanol–water partition coefficient (Wildman–Crippen LogP) is 8.50. The van der Waals surface area contributed by atoms with Gasteiger partial charge >= 0.3 is 5.97 Å². The van der Waals surface area contributed by atoms with Gasteiger partial charge in [-0.2, -0.15) is 0 Å². The Morgan fingerprint density at radius 1 is 0.280 bits per heavy atom. The van der Waals surface area contributed by atoms with Crippen molar-refractivity contribution in [2.24, 2.45) is 0 Å². The second-order valence-electron chi connectivity index (χ2n) is 12.9. The quantitative estimate of drug-likeness (QED) is 0.0450. The fourth-order valence-corrected chi connectivity index (χ4v) is 5.20. The largest absolute Gasteiger partial charge is 0.463 e. The summed E-state index contributed by atoms with van der Waals surface area (Å²) in [5.41, 5.74) is 0. The zero-order chi connectivity index (χ0) is 36.1. The molecule has 0 fully saturated rings. The monoisotopic (exact) mass is 721 g/mol. The zero-order valence-electron chi connectivity index (χ0n) is 32.7. The van der Waals surface area contributed by atoms with Gasteiger partial charge in [0.25, 0.3) is 0 Å². The van der Waals surface area contributed by atoms with Crippen molar-refractivity contribution < 1.29 is 47.4 Å². The summed E-state index contributed by atoms with van der Waals surface area (Å²) in [6.07, 6.45) is 25.3. The van der Waals surface area contributed by atoms with Gasteiger partial charge in [-0.25, -0.2) is 0 Å². The molecule has 0 saturated carbocycles. The molecule has 0 bridgehead atoms. The maximum atomic E-state index is 11.7. The van der Waals surface area contributed by atoms with Crippen molar-refractivity contribution in [3.63, 3.8) is 0 Å². The van der Waals surface area contributed by atoms with Crippen LogP contribution in [0.2, 0.25) is 0 Å². The third-order valence-corrected chi connectivity index (χ3v) is 8.22. The molecule has 0 spiro atoms. The predicted molar refractivity (Wildman–Crippen MR) is 201 cm³/mol. The Hall–Kier alpha value is -0.850. The molecular weight excluding hydrogens is 640 g/mol. The van der Waals surface area contributed by atoms with Crippen LogP contribution in [0.3, 0.4) is 0 Å². The van der Waals surface area contributed by atoms with Crippen LogP contribution in [-0.4, -0.2) is 118 Å². The van der Waals surface area contributed by atoms with E-state index in [0.717, 1.165) is 25.9 Å². The maximum absolute atomic E-state index is 11.7. The Kier molecular flexibility index (Phi) is 45.4. The Labute approximate surface area is 307 Å². The molecule has 0 rings (SSSR count). The minimum atomic E-state index is -0.136. The lowest BCUT2D eigenvalue weighted by Gasteiger charge is -2.09. The molecule has 0 amide bonds. The first-order valence-electron chi connectivity index (χ1n) is 20.6. The van der Waals surface area contributed by atoms with E-state index in [-0.39, 0.29) is 5.97 Å². The highest BCUT2D eigenvalue weighted by molar-refractivity contribution is 5.69. The van der Waals surface area contributed by atoms with Gasteiger partial charge in [0.15, 0.2) is 0 Å². The van der Waals surface area contributed by atoms with E-state index >= 15 is 0 Å². The van der Waals surface area contributed by atoms with Crippen LogP contribution in [-0.2, 0) is 47.4 Å². The van der Waals surface area contributed by atoms with Crippen LogP contribution in [0.1, 0.15) is 142 Å². The highest BCUT2D eigenvalue weighted by atomic mass is 16.6. The van der Waals surface area contributed by atoms with Crippen molar-refractivity contribution in [3.05, 3.63) is 0 Å². The molecule has 0 radical (unpaired) electrons. The van der Waals surface area contributed by atoms with E-state index in [1.165, 1.54) is 103 Å². The minimum absolute atomic E-state index is 0.136. The molecule has 0 aliphatic rings. The summed E-state index contributed by atoms with van der Waals surface area (Å²) in [7, 11) is 0. The van der Waals surface area contributed by atoms with Crippen molar-refractivity contribution in [1.29, 1.82) is 0 Å². The topological polar surface area (TPSA) is 100 Å². The third kappa shape index (κ3) is 45.2. The van der Waals surface area contributed by atoms with Crippen LogP contribution in [0.25, 0.3) is 0 Å². The second-order valence-corrected chi connectivity index (χ2v) is 12.9. The SMILES string of the molecule is CCCCCCCCCCCCCCCOCCOCCOCCOCCOCCOCCOCCOCCOC(=O)CCCCCCCC. The molecule has 50 heavy (non-hydrogen) atoms. The van der Waals surface area contributed by atoms with Crippen LogP contribution >= 0.6 is 0 Å². The molecule has 0 aliphatic carbocycles. The molecule has 0 aliphatic heterocycles. The Bertz CT molecular complexity index is 625. The van der Waals surface area contributed by atoms with Crippen LogP contribution in [0.5, 0.6) is 0 Å². The van der Waals surface area contributed by atoms with Crippen LogP contribution in [0.15, 0.2) is 0 Å². The van der Waals surface area contributed by atoms with E-state index < -0.39 is 0 Å². The van der Waals surface area contributed by atoms with E-state index in [4.69, 9.17) is 42.6 Å². The van der Waals surface area contributed by atoms with Gasteiger partial charge in [0, 0.05) is 13.0 Å². The van der Waals surface area contributed by atoms with Crippen LogP contribution < -0.4 is 0 Å². The first-order chi connectivity index (χ1) is 24.8. The van der Waals surface area contributed by atoms with E-state index in [1.807, 2.05) is 0 Å². The lowest BCUT2D eigenvalue weighted by Crippen LogP contribution is -2.15. The van der Waals surface area contributed by atoms with E-state index in [0.29, 0.717) is 112 Å². The van der Waals surface area contributed by atoms with Crippen LogP contribution in [0.4, 0.5) is 0 Å². The Morgan fingerprint density at radius 3 is 0.840 bits per heavy atom. The number of unbranched alkanes of at least 4 members (excludes halogenated alkanes) is 17. The van der Waals surface area contributed by atoms with Gasteiger partial charge in [-0.3, -0.25) is 4.79 Å². The normalized spacial score (nSPS) is 11.5. The highest BCUT2D eigenvalue weighted by Crippen LogP contribution is 2.12. The van der Waals surface area contributed by atoms with Gasteiger partial charge in [0.1, 0.15) is 6.61 Å². The highest BCUT2D eigenvalue weighted by Gasteiger charge is 2.03. The average molecular weight is 721 g/mol. The molecule has 0 aromatic rings. The fraction of sp³-hybridized carbons (Fsp3) is 0.975. The molecule has 300 valence electrons. The summed E-state index contributed by atoms with van der Waals surface area (Å²) in [5, 5.41) is 0. The Balaban J connectivity index is 3.09. The summed E-state index contributed by atoms with van der Waals surface area (Å²) < 4.78 is 49.4. The molecule has 0 saturated heterocycles.